The maximum atomic E-state index is 6.31. The first-order chi connectivity index (χ1) is 8.72. The van der Waals surface area contributed by atoms with Crippen molar-refractivity contribution in [3.8, 4) is 5.88 Å². The number of aromatic nitrogens is 1. The molecule has 2 N–H and O–H groups in total. The van der Waals surface area contributed by atoms with E-state index in [1.807, 2.05) is 18.2 Å². The fourth-order valence-corrected chi connectivity index (χ4v) is 2.41. The number of rotatable bonds is 5. The van der Waals surface area contributed by atoms with Gasteiger partial charge in [0.15, 0.2) is 0 Å². The molecule has 1 aliphatic carbocycles. The van der Waals surface area contributed by atoms with Crippen molar-refractivity contribution in [1.82, 2.24) is 4.98 Å². The third-order valence-corrected chi connectivity index (χ3v) is 3.48. The smallest absolute Gasteiger partial charge is 0.213 e. The average molecular weight is 250 g/mol. The SMILES string of the molecule is COc1cccc(COCC2(N)CCCCC2)n1. The Kier molecular flexibility index (Phi) is 4.55. The zero-order chi connectivity index (χ0) is 12.8. The Bertz CT molecular complexity index is 376. The molecule has 0 amide bonds. The van der Waals surface area contributed by atoms with Gasteiger partial charge < -0.3 is 15.2 Å². The van der Waals surface area contributed by atoms with Crippen LogP contribution in [-0.4, -0.2) is 24.2 Å². The van der Waals surface area contributed by atoms with E-state index in [2.05, 4.69) is 4.98 Å². The number of pyridine rings is 1. The van der Waals surface area contributed by atoms with Gasteiger partial charge in [-0.25, -0.2) is 4.98 Å². The van der Waals surface area contributed by atoms with Crippen LogP contribution in [0.5, 0.6) is 5.88 Å². The zero-order valence-corrected chi connectivity index (χ0v) is 11.0. The van der Waals surface area contributed by atoms with Crippen molar-refractivity contribution in [1.29, 1.82) is 0 Å². The van der Waals surface area contributed by atoms with E-state index in [-0.39, 0.29) is 5.54 Å². The summed E-state index contributed by atoms with van der Waals surface area (Å²) in [6, 6.07) is 5.69. The highest BCUT2D eigenvalue weighted by Gasteiger charge is 2.27. The number of ether oxygens (including phenoxy) is 2. The fraction of sp³-hybridized carbons (Fsp3) is 0.643. The van der Waals surface area contributed by atoms with E-state index >= 15 is 0 Å². The molecule has 0 aliphatic heterocycles. The molecule has 18 heavy (non-hydrogen) atoms. The molecule has 4 heteroatoms. The maximum absolute atomic E-state index is 6.31. The molecule has 4 nitrogen and oxygen atoms in total. The molecule has 0 radical (unpaired) electrons. The minimum atomic E-state index is -0.128. The summed E-state index contributed by atoms with van der Waals surface area (Å²) >= 11 is 0. The average Bonchev–Trinajstić information content (AvgIpc) is 2.40. The van der Waals surface area contributed by atoms with E-state index < -0.39 is 0 Å². The first-order valence-electron chi connectivity index (χ1n) is 6.58. The monoisotopic (exact) mass is 250 g/mol. The molecule has 0 bridgehead atoms. The van der Waals surface area contributed by atoms with E-state index in [1.54, 1.807) is 7.11 Å². The predicted molar refractivity (Wildman–Crippen MR) is 70.4 cm³/mol. The number of nitrogens with zero attached hydrogens (tertiary/aromatic N) is 1. The topological polar surface area (TPSA) is 57.4 Å². The number of hydrogen-bond donors (Lipinski definition) is 1. The van der Waals surface area contributed by atoms with Crippen LogP contribution >= 0.6 is 0 Å². The second kappa shape index (κ2) is 6.16. The van der Waals surface area contributed by atoms with Crippen LogP contribution in [0, 0.1) is 0 Å². The van der Waals surface area contributed by atoms with E-state index in [0.29, 0.717) is 19.1 Å². The second-order valence-electron chi connectivity index (χ2n) is 5.09. The minimum absolute atomic E-state index is 0.128. The number of nitrogens with two attached hydrogens (primary N) is 1. The van der Waals surface area contributed by atoms with Crippen LogP contribution < -0.4 is 10.5 Å². The molecule has 1 fully saturated rings. The van der Waals surface area contributed by atoms with Crippen molar-refractivity contribution < 1.29 is 9.47 Å². The van der Waals surface area contributed by atoms with Gasteiger partial charge in [-0.1, -0.05) is 25.3 Å². The van der Waals surface area contributed by atoms with E-state index in [9.17, 15) is 0 Å². The molecule has 0 saturated heterocycles. The van der Waals surface area contributed by atoms with Gasteiger partial charge in [-0.05, 0) is 18.9 Å². The highest BCUT2D eigenvalue weighted by atomic mass is 16.5. The van der Waals surface area contributed by atoms with Crippen molar-refractivity contribution in [3.63, 3.8) is 0 Å². The Morgan fingerprint density at radius 2 is 2.06 bits per heavy atom. The van der Waals surface area contributed by atoms with Gasteiger partial charge in [0, 0.05) is 11.6 Å². The third kappa shape index (κ3) is 3.68. The Morgan fingerprint density at radius 3 is 2.78 bits per heavy atom. The Balaban J connectivity index is 1.80. The van der Waals surface area contributed by atoms with Crippen molar-refractivity contribution in [2.45, 2.75) is 44.2 Å². The summed E-state index contributed by atoms with van der Waals surface area (Å²) < 4.78 is 10.8. The lowest BCUT2D eigenvalue weighted by atomic mass is 9.83. The summed E-state index contributed by atoms with van der Waals surface area (Å²) in [5.41, 5.74) is 7.06. The molecule has 0 aromatic carbocycles. The van der Waals surface area contributed by atoms with Crippen LogP contribution in [0.25, 0.3) is 0 Å². The second-order valence-corrected chi connectivity index (χ2v) is 5.09. The molecule has 1 heterocycles. The lowest BCUT2D eigenvalue weighted by Gasteiger charge is -2.32. The van der Waals surface area contributed by atoms with Gasteiger partial charge in [-0.2, -0.15) is 0 Å². The van der Waals surface area contributed by atoms with Gasteiger partial charge in [0.2, 0.25) is 5.88 Å². The Hall–Kier alpha value is -1.13. The number of hydrogen-bond acceptors (Lipinski definition) is 4. The normalized spacial score (nSPS) is 18.6. The summed E-state index contributed by atoms with van der Waals surface area (Å²) in [6.07, 6.45) is 5.88. The largest absolute Gasteiger partial charge is 0.481 e. The molecule has 1 aliphatic rings. The van der Waals surface area contributed by atoms with Crippen LogP contribution in [0.4, 0.5) is 0 Å². The lowest BCUT2D eigenvalue weighted by Crippen LogP contribution is -2.46. The molecule has 0 atom stereocenters. The van der Waals surface area contributed by atoms with Gasteiger partial charge in [0.1, 0.15) is 0 Å². The summed E-state index contributed by atoms with van der Waals surface area (Å²) in [6.45, 7) is 1.11. The van der Waals surface area contributed by atoms with Crippen molar-refractivity contribution in [2.24, 2.45) is 5.73 Å². The standard InChI is InChI=1S/C14H22N2O2/c1-17-13-7-5-6-12(16-13)10-18-11-14(15)8-3-2-4-9-14/h5-7H,2-4,8-11,15H2,1H3. The van der Waals surface area contributed by atoms with Gasteiger partial charge in [-0.15, -0.1) is 0 Å². The van der Waals surface area contributed by atoms with Crippen LogP contribution in [0.3, 0.4) is 0 Å². The molecule has 0 spiro atoms. The lowest BCUT2D eigenvalue weighted by molar-refractivity contribution is 0.0556. The molecule has 1 aromatic heterocycles. The first kappa shape index (κ1) is 13.3. The quantitative estimate of drug-likeness (QED) is 0.871. The van der Waals surface area contributed by atoms with Crippen molar-refractivity contribution in [2.75, 3.05) is 13.7 Å². The summed E-state index contributed by atoms with van der Waals surface area (Å²) in [7, 11) is 1.61. The van der Waals surface area contributed by atoms with Crippen molar-refractivity contribution in [3.05, 3.63) is 23.9 Å². The maximum Gasteiger partial charge on any atom is 0.213 e. The van der Waals surface area contributed by atoms with Gasteiger partial charge in [0.05, 0.1) is 26.0 Å². The first-order valence-corrected chi connectivity index (χ1v) is 6.58. The molecule has 1 aromatic rings. The Morgan fingerprint density at radius 1 is 1.28 bits per heavy atom. The van der Waals surface area contributed by atoms with Crippen LogP contribution in [-0.2, 0) is 11.3 Å². The molecule has 100 valence electrons. The molecular formula is C14H22N2O2. The summed E-state index contributed by atoms with van der Waals surface area (Å²) in [5, 5.41) is 0. The third-order valence-electron chi connectivity index (χ3n) is 3.48. The molecule has 2 rings (SSSR count). The van der Waals surface area contributed by atoms with E-state index in [1.165, 1.54) is 19.3 Å². The molecule has 0 unspecified atom stereocenters. The van der Waals surface area contributed by atoms with Crippen LogP contribution in [0.15, 0.2) is 18.2 Å². The highest BCUT2D eigenvalue weighted by molar-refractivity contribution is 5.15. The van der Waals surface area contributed by atoms with Gasteiger partial charge >= 0.3 is 0 Å². The van der Waals surface area contributed by atoms with Gasteiger partial charge in [0.25, 0.3) is 0 Å². The van der Waals surface area contributed by atoms with Crippen LogP contribution in [0.2, 0.25) is 0 Å². The fourth-order valence-electron chi connectivity index (χ4n) is 2.41. The summed E-state index contributed by atoms with van der Waals surface area (Å²) in [5.74, 6) is 0.622. The number of methoxy groups -OCH3 is 1. The predicted octanol–water partition coefficient (Wildman–Crippen LogP) is 2.27. The highest BCUT2D eigenvalue weighted by Crippen LogP contribution is 2.26. The molecular weight excluding hydrogens is 228 g/mol. The summed E-state index contributed by atoms with van der Waals surface area (Å²) in [4.78, 5) is 4.31. The van der Waals surface area contributed by atoms with Crippen molar-refractivity contribution >= 4 is 0 Å². The van der Waals surface area contributed by atoms with E-state index in [4.69, 9.17) is 15.2 Å². The van der Waals surface area contributed by atoms with Crippen LogP contribution in [0.1, 0.15) is 37.8 Å². The zero-order valence-electron chi connectivity index (χ0n) is 11.0. The molecule has 1 saturated carbocycles. The Labute approximate surface area is 108 Å². The minimum Gasteiger partial charge on any atom is -0.481 e. The van der Waals surface area contributed by atoms with E-state index in [0.717, 1.165) is 18.5 Å². The van der Waals surface area contributed by atoms with Gasteiger partial charge in [-0.3, -0.25) is 0 Å².